The van der Waals surface area contributed by atoms with Crippen molar-refractivity contribution in [1.82, 2.24) is 0 Å². The van der Waals surface area contributed by atoms with E-state index in [-0.39, 0.29) is 0 Å². The molecule has 0 heterocycles. The van der Waals surface area contributed by atoms with Crippen molar-refractivity contribution in [3.8, 4) is 0 Å². The van der Waals surface area contributed by atoms with E-state index in [9.17, 15) is 19.8 Å². The molecule has 15 heavy (non-hydrogen) atoms. The summed E-state index contributed by atoms with van der Waals surface area (Å²) in [6.07, 6.45) is -2.69. The predicted molar refractivity (Wildman–Crippen MR) is 55.8 cm³/mol. The van der Waals surface area contributed by atoms with Crippen LogP contribution in [0.4, 0.5) is 9.59 Å². The number of rotatable bonds is 0. The molecular weight excluding hydrogens is 198 g/mol. The van der Waals surface area contributed by atoms with Crippen LogP contribution >= 0.6 is 0 Å². The Morgan fingerprint density at radius 3 is 1.00 bits per heavy atom. The number of hydrogen-bond donors (Lipinski definition) is 2. The van der Waals surface area contributed by atoms with Gasteiger partial charge in [-0.25, -0.2) is 0 Å². The first-order valence-corrected chi connectivity index (χ1v) is 4.75. The molecule has 0 aliphatic carbocycles. The maximum absolute atomic E-state index is 11.3. The minimum Gasteiger partial charge on any atom is -0.435 e. The fraction of sp³-hybridized carbons (Fsp3) is 0.800. The van der Waals surface area contributed by atoms with Crippen molar-refractivity contribution in [2.75, 3.05) is 0 Å². The van der Waals surface area contributed by atoms with Crippen LogP contribution in [0.5, 0.6) is 0 Å². The standard InChI is InChI=1S/C10H19NO4/c1-9(2,3)11(7(12)13,8(14)15)10(4,5)6/h1-6H3,(H-,12,13,14,15)/p+1. The quantitative estimate of drug-likeness (QED) is 0.613. The van der Waals surface area contributed by atoms with Gasteiger partial charge in [-0.1, -0.05) is 0 Å². The summed E-state index contributed by atoms with van der Waals surface area (Å²) in [7, 11) is 0. The molecule has 0 aromatic carbocycles. The fourth-order valence-electron chi connectivity index (χ4n) is 2.24. The summed E-state index contributed by atoms with van der Waals surface area (Å²) < 4.78 is -1.01. The molecule has 0 atom stereocenters. The summed E-state index contributed by atoms with van der Waals surface area (Å²) in [6, 6.07) is 0. The normalized spacial score (nSPS) is 13.7. The number of amides is 2. The zero-order chi connectivity index (χ0) is 12.7. The van der Waals surface area contributed by atoms with E-state index >= 15 is 0 Å². The molecule has 5 nitrogen and oxygen atoms in total. The summed E-state index contributed by atoms with van der Waals surface area (Å²) in [5, 5.41) is 18.5. The van der Waals surface area contributed by atoms with Crippen LogP contribution in [-0.4, -0.2) is 38.0 Å². The maximum atomic E-state index is 11.3. The second-order valence-electron chi connectivity index (χ2n) is 5.58. The number of imide groups is 1. The van der Waals surface area contributed by atoms with E-state index in [2.05, 4.69) is 0 Å². The predicted octanol–water partition coefficient (Wildman–Crippen LogP) is 2.76. The lowest BCUT2D eigenvalue weighted by atomic mass is 9.92. The Morgan fingerprint density at radius 1 is 0.800 bits per heavy atom. The Kier molecular flexibility index (Phi) is 3.23. The SMILES string of the molecule is CC(C)(C)[N+](C(=O)O)(C(=O)O)C(C)(C)C. The van der Waals surface area contributed by atoms with Gasteiger partial charge >= 0.3 is 12.2 Å². The van der Waals surface area contributed by atoms with Crippen LogP contribution in [-0.2, 0) is 0 Å². The highest BCUT2D eigenvalue weighted by atomic mass is 16.4. The highest BCUT2D eigenvalue weighted by Gasteiger charge is 2.62. The average Bonchev–Trinajstić information content (AvgIpc) is 1.75. The van der Waals surface area contributed by atoms with E-state index in [4.69, 9.17) is 0 Å². The lowest BCUT2D eigenvalue weighted by Gasteiger charge is -2.46. The summed E-state index contributed by atoms with van der Waals surface area (Å²) in [6.45, 7) is 9.67. The van der Waals surface area contributed by atoms with Gasteiger partial charge in [0.2, 0.25) is 0 Å². The van der Waals surface area contributed by atoms with Crippen LogP contribution in [0.3, 0.4) is 0 Å². The van der Waals surface area contributed by atoms with Gasteiger partial charge in [-0.2, -0.15) is 9.59 Å². The van der Waals surface area contributed by atoms with Crippen molar-refractivity contribution in [2.45, 2.75) is 52.6 Å². The van der Waals surface area contributed by atoms with Crippen LogP contribution in [0.15, 0.2) is 0 Å². The topological polar surface area (TPSA) is 74.6 Å². The van der Waals surface area contributed by atoms with E-state index < -0.39 is 27.7 Å². The smallest absolute Gasteiger partial charge is 0.435 e. The van der Waals surface area contributed by atoms with Crippen molar-refractivity contribution in [2.24, 2.45) is 0 Å². The molecule has 0 saturated carbocycles. The molecule has 0 fully saturated rings. The molecule has 0 aliphatic heterocycles. The van der Waals surface area contributed by atoms with Gasteiger partial charge in [0.15, 0.2) is 0 Å². The first-order valence-electron chi connectivity index (χ1n) is 4.75. The third kappa shape index (κ3) is 1.84. The fourth-order valence-corrected chi connectivity index (χ4v) is 2.24. The molecule has 0 unspecified atom stereocenters. The second kappa shape index (κ2) is 3.48. The summed E-state index contributed by atoms with van der Waals surface area (Å²) in [5.74, 6) is 0. The first kappa shape index (κ1) is 13.9. The molecule has 5 heteroatoms. The van der Waals surface area contributed by atoms with E-state index in [1.165, 1.54) is 0 Å². The molecule has 2 N–H and O–H groups in total. The van der Waals surface area contributed by atoms with E-state index in [1.807, 2.05) is 0 Å². The van der Waals surface area contributed by atoms with Gasteiger partial charge in [-0.05, 0) is 41.5 Å². The van der Waals surface area contributed by atoms with Crippen molar-refractivity contribution < 1.29 is 24.3 Å². The van der Waals surface area contributed by atoms with Crippen molar-refractivity contribution >= 4 is 12.2 Å². The third-order valence-corrected chi connectivity index (χ3v) is 2.59. The van der Waals surface area contributed by atoms with Crippen LogP contribution in [0, 0.1) is 0 Å². The zero-order valence-electron chi connectivity index (χ0n) is 10.2. The average molecular weight is 218 g/mol. The molecule has 0 rings (SSSR count). The van der Waals surface area contributed by atoms with Gasteiger partial charge < -0.3 is 10.2 Å². The van der Waals surface area contributed by atoms with Gasteiger partial charge in [0, 0.05) is 0 Å². The number of hydrogen-bond acceptors (Lipinski definition) is 2. The highest BCUT2D eigenvalue weighted by molar-refractivity contribution is 5.75. The lowest BCUT2D eigenvalue weighted by Crippen LogP contribution is -2.74. The molecule has 0 saturated heterocycles. The van der Waals surface area contributed by atoms with Gasteiger partial charge in [0.1, 0.15) is 11.1 Å². The van der Waals surface area contributed by atoms with Crippen LogP contribution in [0.2, 0.25) is 0 Å². The molecule has 0 aliphatic rings. The van der Waals surface area contributed by atoms with E-state index in [1.54, 1.807) is 41.5 Å². The number of carbonyl (C=O) groups is 2. The van der Waals surface area contributed by atoms with Gasteiger partial charge in [0.25, 0.3) is 0 Å². The van der Waals surface area contributed by atoms with Crippen LogP contribution in [0.1, 0.15) is 41.5 Å². The second-order valence-corrected chi connectivity index (χ2v) is 5.58. The third-order valence-electron chi connectivity index (χ3n) is 2.59. The number of quaternary nitrogens is 1. The molecule has 88 valence electrons. The molecule has 2 amide bonds. The molecule has 0 radical (unpaired) electrons. The van der Waals surface area contributed by atoms with Gasteiger partial charge in [0.05, 0.1) is 0 Å². The molecular formula is C10H20NO4+. The summed E-state index contributed by atoms with van der Waals surface area (Å²) in [4.78, 5) is 22.7. The van der Waals surface area contributed by atoms with Crippen molar-refractivity contribution in [1.29, 1.82) is 0 Å². The molecule has 0 aromatic heterocycles. The molecule has 0 bridgehead atoms. The minimum absolute atomic E-state index is 0.921. The van der Waals surface area contributed by atoms with Gasteiger partial charge in [-0.15, -0.1) is 4.48 Å². The highest BCUT2D eigenvalue weighted by Crippen LogP contribution is 2.36. The lowest BCUT2D eigenvalue weighted by molar-refractivity contribution is -0.879. The Bertz CT molecular complexity index is 253. The number of nitrogens with zero attached hydrogens (tertiary/aromatic N) is 1. The van der Waals surface area contributed by atoms with Crippen LogP contribution in [0.25, 0.3) is 0 Å². The monoisotopic (exact) mass is 218 g/mol. The first-order chi connectivity index (χ1) is 6.39. The Morgan fingerprint density at radius 2 is 1.00 bits per heavy atom. The number of carboxylic acid groups (broad SMARTS) is 2. The van der Waals surface area contributed by atoms with Crippen LogP contribution < -0.4 is 0 Å². The van der Waals surface area contributed by atoms with Crippen molar-refractivity contribution in [3.05, 3.63) is 0 Å². The Labute approximate surface area is 89.9 Å². The van der Waals surface area contributed by atoms with Gasteiger partial charge in [-0.3, -0.25) is 0 Å². The summed E-state index contributed by atoms with van der Waals surface area (Å²) >= 11 is 0. The van der Waals surface area contributed by atoms with E-state index in [0.29, 0.717) is 0 Å². The maximum Gasteiger partial charge on any atom is 0.525 e. The largest absolute Gasteiger partial charge is 0.525 e. The van der Waals surface area contributed by atoms with Crippen molar-refractivity contribution in [3.63, 3.8) is 0 Å². The van der Waals surface area contributed by atoms with E-state index in [0.717, 1.165) is 0 Å². The Hall–Kier alpha value is -1.10. The molecule has 0 aromatic rings. The summed E-state index contributed by atoms with van der Waals surface area (Å²) in [5.41, 5.74) is -1.84. The Balaban J connectivity index is 5.97. The minimum atomic E-state index is -1.34. The molecule has 0 spiro atoms. The zero-order valence-corrected chi connectivity index (χ0v) is 10.2.